The van der Waals surface area contributed by atoms with Gasteiger partial charge in [-0.15, -0.1) is 0 Å². The van der Waals surface area contributed by atoms with Crippen molar-refractivity contribution in [3.63, 3.8) is 0 Å². The Balaban J connectivity index is 1.78. The van der Waals surface area contributed by atoms with Gasteiger partial charge in [0.1, 0.15) is 5.75 Å². The Morgan fingerprint density at radius 1 is 1.26 bits per heavy atom. The quantitative estimate of drug-likeness (QED) is 0.784. The van der Waals surface area contributed by atoms with E-state index in [-0.39, 0.29) is 5.92 Å². The minimum absolute atomic E-state index is 0.242. The third-order valence-corrected chi connectivity index (χ3v) is 5.97. The average molecular weight is 276 g/mol. The van der Waals surface area contributed by atoms with E-state index in [0.717, 1.165) is 40.2 Å². The molecular weight excluding hydrogens is 256 g/mol. The fourth-order valence-electron chi connectivity index (χ4n) is 3.34. The van der Waals surface area contributed by atoms with E-state index in [9.17, 15) is 4.79 Å². The van der Waals surface area contributed by atoms with Crippen LogP contribution in [0.15, 0.2) is 18.2 Å². The fourth-order valence-corrected chi connectivity index (χ4v) is 5.11. The number of hydrogen-bond donors (Lipinski definition) is 0. The number of ketones is 1. The molecule has 0 spiro atoms. The van der Waals surface area contributed by atoms with Crippen molar-refractivity contribution >= 4 is 17.5 Å². The molecule has 1 aromatic carbocycles. The Morgan fingerprint density at radius 2 is 1.95 bits per heavy atom. The van der Waals surface area contributed by atoms with Gasteiger partial charge in [-0.2, -0.15) is 11.8 Å². The molecule has 2 heterocycles. The molecule has 102 valence electrons. The standard InChI is InChI=1S/C16H20O2S/c1-10-7-11(3-6-15(10)18-2)16(17)12-8-13-4-5-14(9-12)19-13/h3,6-7,12-14H,4-5,8-9H2,1-2H3. The molecule has 0 radical (unpaired) electrons. The summed E-state index contributed by atoms with van der Waals surface area (Å²) in [4.78, 5) is 12.6. The van der Waals surface area contributed by atoms with Gasteiger partial charge in [0.05, 0.1) is 7.11 Å². The van der Waals surface area contributed by atoms with E-state index in [4.69, 9.17) is 4.74 Å². The first-order valence-electron chi connectivity index (χ1n) is 7.01. The maximum atomic E-state index is 12.6. The van der Waals surface area contributed by atoms with E-state index in [2.05, 4.69) is 11.8 Å². The molecule has 2 fully saturated rings. The summed E-state index contributed by atoms with van der Waals surface area (Å²) >= 11 is 2.11. The maximum Gasteiger partial charge on any atom is 0.166 e. The number of aryl methyl sites for hydroxylation is 1. The van der Waals surface area contributed by atoms with Crippen LogP contribution in [0.1, 0.15) is 41.6 Å². The van der Waals surface area contributed by atoms with Gasteiger partial charge in [-0.1, -0.05) is 0 Å². The van der Waals surface area contributed by atoms with E-state index < -0.39 is 0 Å². The predicted octanol–water partition coefficient (Wildman–Crippen LogP) is 3.86. The largest absolute Gasteiger partial charge is 0.496 e. The van der Waals surface area contributed by atoms with Crippen LogP contribution in [0.5, 0.6) is 5.75 Å². The van der Waals surface area contributed by atoms with Crippen LogP contribution in [0.25, 0.3) is 0 Å². The normalized spacial score (nSPS) is 29.3. The van der Waals surface area contributed by atoms with Gasteiger partial charge >= 0.3 is 0 Å². The van der Waals surface area contributed by atoms with Gasteiger partial charge in [0.25, 0.3) is 0 Å². The third-order valence-electron chi connectivity index (χ3n) is 4.34. The number of hydrogen-bond acceptors (Lipinski definition) is 3. The second-order valence-electron chi connectivity index (χ2n) is 5.67. The van der Waals surface area contributed by atoms with Crippen molar-refractivity contribution in [2.75, 3.05) is 7.11 Å². The number of Topliss-reactive ketones (excluding diaryl/α,β-unsaturated/α-hetero) is 1. The summed E-state index contributed by atoms with van der Waals surface area (Å²) in [7, 11) is 1.67. The smallest absolute Gasteiger partial charge is 0.166 e. The zero-order valence-corrected chi connectivity index (χ0v) is 12.3. The summed E-state index contributed by atoms with van der Waals surface area (Å²) in [6.07, 6.45) is 4.76. The molecule has 2 unspecified atom stereocenters. The number of rotatable bonds is 3. The number of fused-ring (bicyclic) bond motifs is 2. The molecule has 2 aliphatic heterocycles. The summed E-state index contributed by atoms with van der Waals surface area (Å²) in [6.45, 7) is 2.00. The van der Waals surface area contributed by atoms with Crippen molar-refractivity contribution in [1.29, 1.82) is 0 Å². The first-order chi connectivity index (χ1) is 9.17. The van der Waals surface area contributed by atoms with Gasteiger partial charge in [-0.3, -0.25) is 4.79 Å². The van der Waals surface area contributed by atoms with Gasteiger partial charge in [-0.05, 0) is 56.4 Å². The van der Waals surface area contributed by atoms with Crippen molar-refractivity contribution in [1.82, 2.24) is 0 Å². The number of ether oxygens (including phenoxy) is 1. The lowest BCUT2D eigenvalue weighted by Crippen LogP contribution is -2.24. The van der Waals surface area contributed by atoms with E-state index in [1.165, 1.54) is 12.8 Å². The molecule has 0 aliphatic carbocycles. The van der Waals surface area contributed by atoms with Gasteiger partial charge in [0, 0.05) is 22.0 Å². The Bertz CT molecular complexity index is 486. The summed E-state index contributed by atoms with van der Waals surface area (Å²) in [5.74, 6) is 1.44. The topological polar surface area (TPSA) is 26.3 Å². The minimum atomic E-state index is 0.242. The number of carbonyl (C=O) groups is 1. The molecule has 3 rings (SSSR count). The van der Waals surface area contributed by atoms with Crippen molar-refractivity contribution in [2.45, 2.75) is 43.1 Å². The molecule has 0 N–H and O–H groups in total. The van der Waals surface area contributed by atoms with Crippen LogP contribution in [0.2, 0.25) is 0 Å². The van der Waals surface area contributed by atoms with E-state index >= 15 is 0 Å². The number of carbonyl (C=O) groups excluding carboxylic acids is 1. The Morgan fingerprint density at radius 3 is 2.53 bits per heavy atom. The van der Waals surface area contributed by atoms with Gasteiger partial charge in [-0.25, -0.2) is 0 Å². The van der Waals surface area contributed by atoms with Crippen LogP contribution in [-0.2, 0) is 0 Å². The number of thioether (sulfide) groups is 1. The second kappa shape index (κ2) is 5.20. The zero-order chi connectivity index (χ0) is 13.4. The molecule has 2 atom stereocenters. The van der Waals surface area contributed by atoms with Crippen LogP contribution in [-0.4, -0.2) is 23.4 Å². The first kappa shape index (κ1) is 13.0. The molecule has 3 heteroatoms. The maximum absolute atomic E-state index is 12.6. The Hall–Kier alpha value is -0.960. The highest BCUT2D eigenvalue weighted by molar-refractivity contribution is 8.00. The zero-order valence-electron chi connectivity index (χ0n) is 11.5. The summed E-state index contributed by atoms with van der Waals surface area (Å²) in [5.41, 5.74) is 1.90. The summed E-state index contributed by atoms with van der Waals surface area (Å²) in [6, 6.07) is 5.80. The molecule has 0 aromatic heterocycles. The van der Waals surface area contributed by atoms with Gasteiger partial charge < -0.3 is 4.74 Å². The predicted molar refractivity (Wildman–Crippen MR) is 79.2 cm³/mol. The van der Waals surface area contributed by atoms with Crippen molar-refractivity contribution in [2.24, 2.45) is 5.92 Å². The third kappa shape index (κ3) is 2.53. The summed E-state index contributed by atoms with van der Waals surface area (Å²) in [5, 5.41) is 1.46. The molecule has 2 aliphatic rings. The van der Waals surface area contributed by atoms with Gasteiger partial charge in [0.15, 0.2) is 5.78 Å². The highest BCUT2D eigenvalue weighted by Gasteiger charge is 2.37. The second-order valence-corrected chi connectivity index (χ2v) is 7.28. The van der Waals surface area contributed by atoms with E-state index in [1.54, 1.807) is 7.11 Å². The lowest BCUT2D eigenvalue weighted by molar-refractivity contribution is 0.0907. The molecule has 2 saturated heterocycles. The fraction of sp³-hybridized carbons (Fsp3) is 0.562. The van der Waals surface area contributed by atoms with Crippen LogP contribution in [0.4, 0.5) is 0 Å². The lowest BCUT2D eigenvalue weighted by Gasteiger charge is -2.26. The molecule has 19 heavy (non-hydrogen) atoms. The van der Waals surface area contributed by atoms with Crippen molar-refractivity contribution in [3.05, 3.63) is 29.3 Å². The first-order valence-corrected chi connectivity index (χ1v) is 7.96. The lowest BCUT2D eigenvalue weighted by atomic mass is 9.90. The Labute approximate surface area is 118 Å². The Kier molecular flexibility index (Phi) is 3.57. The molecule has 0 saturated carbocycles. The minimum Gasteiger partial charge on any atom is -0.496 e. The SMILES string of the molecule is COc1ccc(C(=O)C2CC3CCC(C2)S3)cc1C. The van der Waals surface area contributed by atoms with Crippen LogP contribution in [0.3, 0.4) is 0 Å². The van der Waals surface area contributed by atoms with E-state index in [1.807, 2.05) is 25.1 Å². The molecule has 0 amide bonds. The molecule has 2 bridgehead atoms. The van der Waals surface area contributed by atoms with Crippen LogP contribution >= 0.6 is 11.8 Å². The molecule has 1 aromatic rings. The van der Waals surface area contributed by atoms with Crippen molar-refractivity contribution < 1.29 is 9.53 Å². The van der Waals surface area contributed by atoms with E-state index in [0.29, 0.717) is 5.78 Å². The van der Waals surface area contributed by atoms with Crippen molar-refractivity contribution in [3.8, 4) is 5.75 Å². The monoisotopic (exact) mass is 276 g/mol. The molecular formula is C16H20O2S. The summed E-state index contributed by atoms with van der Waals surface area (Å²) < 4.78 is 5.25. The highest BCUT2D eigenvalue weighted by atomic mass is 32.2. The number of methoxy groups -OCH3 is 1. The molecule has 2 nitrogen and oxygen atoms in total. The average Bonchev–Trinajstić information content (AvgIpc) is 2.76. The highest BCUT2D eigenvalue weighted by Crippen LogP contribution is 2.46. The van der Waals surface area contributed by atoms with Gasteiger partial charge in [0.2, 0.25) is 0 Å². The van der Waals surface area contributed by atoms with Crippen LogP contribution in [0, 0.1) is 12.8 Å². The number of benzene rings is 1. The van der Waals surface area contributed by atoms with Crippen LogP contribution < -0.4 is 4.74 Å².